The van der Waals surface area contributed by atoms with Crippen LogP contribution in [0.3, 0.4) is 0 Å². The zero-order valence-electron chi connectivity index (χ0n) is 10.00. The second-order valence-electron chi connectivity index (χ2n) is 3.69. The molecule has 0 N–H and O–H groups in total. The first-order valence-corrected chi connectivity index (χ1v) is 7.36. The first-order chi connectivity index (χ1) is 7.67. The third-order valence-corrected chi connectivity index (χ3v) is 3.73. The molecule has 0 radical (unpaired) electrons. The molecule has 2 nitrogen and oxygen atoms in total. The minimum atomic E-state index is 0.913. The van der Waals surface area contributed by atoms with Gasteiger partial charge in [-0.15, -0.1) is 0 Å². The van der Waals surface area contributed by atoms with Crippen LogP contribution in [0.4, 0.5) is 0 Å². The third-order valence-electron chi connectivity index (χ3n) is 2.37. The molecule has 1 aromatic rings. The van der Waals surface area contributed by atoms with Crippen molar-refractivity contribution in [3.05, 3.63) is 28.2 Å². The lowest BCUT2D eigenvalue weighted by molar-refractivity contribution is 0.346. The Morgan fingerprint density at radius 2 is 2.19 bits per heavy atom. The lowest BCUT2D eigenvalue weighted by atomic mass is 10.2. The van der Waals surface area contributed by atoms with Crippen LogP contribution in [0.15, 0.2) is 22.7 Å². The maximum atomic E-state index is 5.23. The zero-order valence-corrected chi connectivity index (χ0v) is 12.4. The van der Waals surface area contributed by atoms with Crippen LogP contribution in [0.2, 0.25) is 0 Å². The molecule has 0 amide bonds. The zero-order chi connectivity index (χ0) is 12.0. The van der Waals surface area contributed by atoms with Gasteiger partial charge in [-0.25, -0.2) is 0 Å². The van der Waals surface area contributed by atoms with E-state index < -0.39 is 0 Å². The predicted molar refractivity (Wildman–Crippen MR) is 75.4 cm³/mol. The SMILES string of the molecule is COc1ccc(Br)c(CN(C)CCSC)c1. The van der Waals surface area contributed by atoms with Crippen LogP contribution >= 0.6 is 27.7 Å². The summed E-state index contributed by atoms with van der Waals surface area (Å²) in [7, 11) is 3.84. The van der Waals surface area contributed by atoms with Gasteiger partial charge >= 0.3 is 0 Å². The van der Waals surface area contributed by atoms with E-state index in [1.54, 1.807) is 7.11 Å². The fourth-order valence-electron chi connectivity index (χ4n) is 1.42. The fourth-order valence-corrected chi connectivity index (χ4v) is 2.28. The highest BCUT2D eigenvalue weighted by Crippen LogP contribution is 2.23. The number of hydrogen-bond donors (Lipinski definition) is 0. The van der Waals surface area contributed by atoms with Crippen molar-refractivity contribution in [2.75, 3.05) is 32.7 Å². The molecule has 1 aromatic carbocycles. The molecule has 0 unspecified atom stereocenters. The Kier molecular flexibility index (Phi) is 6.24. The molecular weight excluding hydrogens is 286 g/mol. The molecule has 90 valence electrons. The fraction of sp³-hybridized carbons (Fsp3) is 0.500. The average Bonchev–Trinajstić information content (AvgIpc) is 2.29. The summed E-state index contributed by atoms with van der Waals surface area (Å²) in [6, 6.07) is 6.09. The summed E-state index contributed by atoms with van der Waals surface area (Å²) >= 11 is 5.44. The van der Waals surface area contributed by atoms with Crippen molar-refractivity contribution < 1.29 is 4.74 Å². The van der Waals surface area contributed by atoms with Crippen LogP contribution in [0, 0.1) is 0 Å². The largest absolute Gasteiger partial charge is 0.497 e. The second kappa shape index (κ2) is 7.20. The maximum absolute atomic E-state index is 5.23. The topological polar surface area (TPSA) is 12.5 Å². The molecule has 0 atom stereocenters. The number of rotatable bonds is 6. The van der Waals surface area contributed by atoms with Crippen LogP contribution in [-0.2, 0) is 6.54 Å². The highest BCUT2D eigenvalue weighted by atomic mass is 79.9. The van der Waals surface area contributed by atoms with Crippen LogP contribution in [0.5, 0.6) is 5.75 Å². The van der Waals surface area contributed by atoms with E-state index in [0.29, 0.717) is 0 Å². The van der Waals surface area contributed by atoms with Gasteiger partial charge in [0.25, 0.3) is 0 Å². The van der Waals surface area contributed by atoms with E-state index in [-0.39, 0.29) is 0 Å². The molecule has 0 fully saturated rings. The predicted octanol–water partition coefficient (Wildman–Crippen LogP) is 3.25. The molecular formula is C12H18BrNOS. The van der Waals surface area contributed by atoms with E-state index in [2.05, 4.69) is 40.2 Å². The lowest BCUT2D eigenvalue weighted by Crippen LogP contribution is -2.20. The normalized spacial score (nSPS) is 10.8. The van der Waals surface area contributed by atoms with E-state index in [0.717, 1.165) is 29.1 Å². The van der Waals surface area contributed by atoms with Crippen LogP contribution in [-0.4, -0.2) is 37.6 Å². The monoisotopic (exact) mass is 303 g/mol. The Labute approximate surface area is 110 Å². The van der Waals surface area contributed by atoms with E-state index >= 15 is 0 Å². The van der Waals surface area contributed by atoms with Crippen molar-refractivity contribution in [1.82, 2.24) is 4.90 Å². The standard InChI is InChI=1S/C12H18BrNOS/c1-14(6-7-16-3)9-10-8-11(15-2)4-5-12(10)13/h4-5,8H,6-7,9H2,1-3H3. The van der Waals surface area contributed by atoms with E-state index in [4.69, 9.17) is 4.74 Å². The summed E-state index contributed by atoms with van der Waals surface area (Å²) in [5, 5.41) is 0. The maximum Gasteiger partial charge on any atom is 0.119 e. The molecule has 16 heavy (non-hydrogen) atoms. The minimum Gasteiger partial charge on any atom is -0.497 e. The summed E-state index contributed by atoms with van der Waals surface area (Å²) in [5.74, 6) is 2.08. The molecule has 0 aliphatic heterocycles. The van der Waals surface area contributed by atoms with E-state index in [1.165, 1.54) is 5.56 Å². The van der Waals surface area contributed by atoms with E-state index in [1.807, 2.05) is 23.9 Å². The van der Waals surface area contributed by atoms with Gasteiger partial charge in [0.2, 0.25) is 0 Å². The number of thioether (sulfide) groups is 1. The number of nitrogens with zero attached hydrogens (tertiary/aromatic N) is 1. The summed E-state index contributed by atoms with van der Waals surface area (Å²) in [6.45, 7) is 2.04. The van der Waals surface area contributed by atoms with Gasteiger partial charge < -0.3 is 9.64 Å². The number of hydrogen-bond acceptors (Lipinski definition) is 3. The minimum absolute atomic E-state index is 0.913. The lowest BCUT2D eigenvalue weighted by Gasteiger charge is -2.17. The average molecular weight is 304 g/mol. The molecule has 1 rings (SSSR count). The first-order valence-electron chi connectivity index (χ1n) is 5.17. The number of halogens is 1. The quantitative estimate of drug-likeness (QED) is 0.800. The molecule has 0 aliphatic rings. The molecule has 4 heteroatoms. The molecule has 0 aromatic heterocycles. The van der Waals surface area contributed by atoms with Gasteiger partial charge in [0.15, 0.2) is 0 Å². The van der Waals surface area contributed by atoms with Crippen molar-refractivity contribution >= 4 is 27.7 Å². The number of methoxy groups -OCH3 is 1. The Hall–Kier alpha value is -0.190. The van der Waals surface area contributed by atoms with Gasteiger partial charge in [-0.05, 0) is 37.1 Å². The van der Waals surface area contributed by atoms with Crippen molar-refractivity contribution in [2.45, 2.75) is 6.54 Å². The highest BCUT2D eigenvalue weighted by Gasteiger charge is 2.05. The van der Waals surface area contributed by atoms with Gasteiger partial charge in [0.1, 0.15) is 5.75 Å². The van der Waals surface area contributed by atoms with Crippen molar-refractivity contribution in [3.63, 3.8) is 0 Å². The van der Waals surface area contributed by atoms with Crippen molar-refractivity contribution in [3.8, 4) is 5.75 Å². The van der Waals surface area contributed by atoms with Crippen molar-refractivity contribution in [2.24, 2.45) is 0 Å². The molecule has 0 bridgehead atoms. The highest BCUT2D eigenvalue weighted by molar-refractivity contribution is 9.10. The van der Waals surface area contributed by atoms with Gasteiger partial charge in [0.05, 0.1) is 7.11 Å². The van der Waals surface area contributed by atoms with E-state index in [9.17, 15) is 0 Å². The van der Waals surface area contributed by atoms with Crippen LogP contribution in [0.25, 0.3) is 0 Å². The van der Waals surface area contributed by atoms with Gasteiger partial charge in [-0.1, -0.05) is 15.9 Å². The number of ether oxygens (including phenoxy) is 1. The summed E-state index contributed by atoms with van der Waals surface area (Å²) in [4.78, 5) is 2.32. The Morgan fingerprint density at radius 3 is 2.81 bits per heavy atom. The second-order valence-corrected chi connectivity index (χ2v) is 5.53. The van der Waals surface area contributed by atoms with Gasteiger partial charge in [0, 0.05) is 23.3 Å². The molecule has 0 heterocycles. The Balaban J connectivity index is 2.64. The third kappa shape index (κ3) is 4.36. The summed E-state index contributed by atoms with van der Waals surface area (Å²) in [5.41, 5.74) is 1.27. The Morgan fingerprint density at radius 1 is 1.44 bits per heavy atom. The van der Waals surface area contributed by atoms with Crippen molar-refractivity contribution in [1.29, 1.82) is 0 Å². The van der Waals surface area contributed by atoms with Crippen LogP contribution in [0.1, 0.15) is 5.56 Å². The summed E-state index contributed by atoms with van der Waals surface area (Å²) < 4.78 is 6.37. The summed E-state index contributed by atoms with van der Waals surface area (Å²) in [6.07, 6.45) is 2.13. The smallest absolute Gasteiger partial charge is 0.119 e. The van der Waals surface area contributed by atoms with Crippen LogP contribution < -0.4 is 4.74 Å². The number of benzene rings is 1. The molecule has 0 spiro atoms. The first kappa shape index (κ1) is 13.9. The van der Waals surface area contributed by atoms with Gasteiger partial charge in [-0.3, -0.25) is 0 Å². The van der Waals surface area contributed by atoms with Gasteiger partial charge in [-0.2, -0.15) is 11.8 Å². The Bertz CT molecular complexity index is 333. The molecule has 0 aliphatic carbocycles. The molecule has 0 saturated carbocycles. The molecule has 0 saturated heterocycles.